The number of rotatable bonds is 5. The Hall–Kier alpha value is -1.52. The number of hydrogen-bond acceptors (Lipinski definition) is 5. The molecule has 10 heteroatoms. The van der Waals surface area contributed by atoms with Gasteiger partial charge in [0.25, 0.3) is 5.69 Å². The minimum absolute atomic E-state index is 0.0831. The lowest BCUT2D eigenvalue weighted by Crippen LogP contribution is -2.42. The maximum atomic E-state index is 12.2. The van der Waals surface area contributed by atoms with Crippen molar-refractivity contribution < 1.29 is 14.5 Å². The summed E-state index contributed by atoms with van der Waals surface area (Å²) in [5.74, 6) is -0.650. The van der Waals surface area contributed by atoms with Crippen molar-refractivity contribution in [2.45, 2.75) is 12.8 Å². The van der Waals surface area contributed by atoms with Gasteiger partial charge in [-0.3, -0.25) is 24.6 Å². The maximum absolute atomic E-state index is 12.2. The third-order valence-electron chi connectivity index (χ3n) is 3.86. The van der Waals surface area contributed by atoms with Crippen LogP contribution in [0.1, 0.15) is 12.8 Å². The van der Waals surface area contributed by atoms with Crippen LogP contribution in [-0.2, 0) is 9.59 Å². The number of amides is 2. The Morgan fingerprint density at radius 2 is 1.83 bits per heavy atom. The van der Waals surface area contributed by atoms with E-state index in [0.29, 0.717) is 40.6 Å². The summed E-state index contributed by atoms with van der Waals surface area (Å²) in [5, 5.41) is 13.6. The highest BCUT2D eigenvalue weighted by Crippen LogP contribution is 2.35. The smallest absolute Gasteiger partial charge is 0.271 e. The second-order valence-corrected chi connectivity index (χ2v) is 7.25. The highest BCUT2D eigenvalue weighted by molar-refractivity contribution is 9.11. The largest absolute Gasteiger partial charge is 0.369 e. The molecule has 130 valence electrons. The zero-order chi connectivity index (χ0) is 17.9. The average molecular weight is 464 g/mol. The molecule has 24 heavy (non-hydrogen) atoms. The molecule has 2 amide bonds. The first-order valence-corrected chi connectivity index (χ1v) is 8.81. The van der Waals surface area contributed by atoms with Crippen molar-refractivity contribution in [3.05, 3.63) is 31.2 Å². The summed E-state index contributed by atoms with van der Waals surface area (Å²) >= 11 is 6.46. The quantitative estimate of drug-likeness (QED) is 0.512. The first kappa shape index (κ1) is 18.8. The van der Waals surface area contributed by atoms with Crippen molar-refractivity contribution in [3.63, 3.8) is 0 Å². The van der Waals surface area contributed by atoms with Gasteiger partial charge in [0, 0.05) is 27.0 Å². The van der Waals surface area contributed by atoms with Crippen molar-refractivity contribution in [2.24, 2.45) is 11.7 Å². The molecule has 0 aliphatic carbocycles. The molecule has 1 heterocycles. The van der Waals surface area contributed by atoms with E-state index in [-0.39, 0.29) is 30.0 Å². The lowest BCUT2D eigenvalue weighted by Gasteiger charge is -2.29. The van der Waals surface area contributed by atoms with Crippen molar-refractivity contribution >= 4 is 55.0 Å². The molecule has 0 radical (unpaired) electrons. The number of likely N-dealkylation sites (tertiary alicyclic amines) is 1. The van der Waals surface area contributed by atoms with Gasteiger partial charge in [0.05, 0.1) is 17.2 Å². The molecular formula is C14H16Br2N4O4. The van der Waals surface area contributed by atoms with E-state index in [1.165, 1.54) is 12.1 Å². The fourth-order valence-electron chi connectivity index (χ4n) is 2.54. The van der Waals surface area contributed by atoms with Gasteiger partial charge in [-0.05, 0) is 57.8 Å². The molecule has 0 saturated carbocycles. The number of nitrogens with zero attached hydrogens (tertiary/aromatic N) is 2. The molecule has 1 aliphatic rings. The molecule has 1 aromatic rings. The topological polar surface area (TPSA) is 119 Å². The monoisotopic (exact) mass is 462 g/mol. The molecule has 1 saturated heterocycles. The zero-order valence-corrected chi connectivity index (χ0v) is 15.8. The van der Waals surface area contributed by atoms with Gasteiger partial charge in [-0.2, -0.15) is 0 Å². The minimum Gasteiger partial charge on any atom is -0.369 e. The summed E-state index contributed by atoms with van der Waals surface area (Å²) in [6.45, 7) is 1.44. The Kier molecular flexibility index (Phi) is 6.30. The molecule has 0 aromatic heterocycles. The van der Waals surface area contributed by atoms with Crippen LogP contribution in [0.15, 0.2) is 21.1 Å². The van der Waals surface area contributed by atoms with E-state index in [1.54, 1.807) is 0 Å². The molecule has 1 fully saturated rings. The number of nitrogens with one attached hydrogen (secondary N) is 1. The first-order chi connectivity index (χ1) is 11.3. The summed E-state index contributed by atoms with van der Waals surface area (Å²) in [6.07, 6.45) is 1.29. The van der Waals surface area contributed by atoms with Gasteiger partial charge in [0.15, 0.2) is 0 Å². The number of nitrogens with two attached hydrogens (primary N) is 1. The molecule has 3 N–H and O–H groups in total. The number of nitro benzene ring substituents is 1. The standard InChI is InChI=1S/C14H16Br2N4O4/c15-10-5-9(20(23)24)6-11(16)13(10)18-12(21)7-19-3-1-8(2-4-19)14(17)22/h5-6,8H,1-4,7H2,(H2,17,22)(H,18,21). The van der Waals surface area contributed by atoms with E-state index in [1.807, 2.05) is 4.90 Å². The number of halogens is 2. The number of anilines is 1. The lowest BCUT2D eigenvalue weighted by molar-refractivity contribution is -0.385. The lowest BCUT2D eigenvalue weighted by atomic mass is 9.96. The predicted octanol–water partition coefficient (Wildman–Crippen LogP) is 2.26. The number of nitro groups is 1. The summed E-state index contributed by atoms with van der Waals surface area (Å²) in [4.78, 5) is 35.6. The maximum Gasteiger partial charge on any atom is 0.271 e. The van der Waals surface area contributed by atoms with Crippen LogP contribution < -0.4 is 11.1 Å². The summed E-state index contributed by atoms with van der Waals surface area (Å²) < 4.78 is 0.841. The van der Waals surface area contributed by atoms with Gasteiger partial charge >= 0.3 is 0 Å². The molecule has 2 rings (SSSR count). The normalized spacial score (nSPS) is 15.9. The highest BCUT2D eigenvalue weighted by atomic mass is 79.9. The van der Waals surface area contributed by atoms with Gasteiger partial charge in [0.2, 0.25) is 11.8 Å². The van der Waals surface area contributed by atoms with E-state index >= 15 is 0 Å². The summed E-state index contributed by atoms with van der Waals surface area (Å²) in [6, 6.07) is 2.66. The molecular weight excluding hydrogens is 448 g/mol. The van der Waals surface area contributed by atoms with E-state index in [9.17, 15) is 19.7 Å². The van der Waals surface area contributed by atoms with Crippen LogP contribution in [0.2, 0.25) is 0 Å². The molecule has 0 unspecified atom stereocenters. The number of piperidine rings is 1. The Morgan fingerprint density at radius 3 is 2.29 bits per heavy atom. The molecule has 0 atom stereocenters. The average Bonchev–Trinajstić information content (AvgIpc) is 2.51. The summed E-state index contributed by atoms with van der Waals surface area (Å²) in [7, 11) is 0. The van der Waals surface area contributed by atoms with Gasteiger partial charge in [-0.15, -0.1) is 0 Å². The van der Waals surface area contributed by atoms with Crippen LogP contribution in [0.4, 0.5) is 11.4 Å². The molecule has 1 aromatic carbocycles. The van der Waals surface area contributed by atoms with E-state index in [2.05, 4.69) is 37.2 Å². The van der Waals surface area contributed by atoms with Gasteiger partial charge in [-0.1, -0.05) is 0 Å². The van der Waals surface area contributed by atoms with Crippen LogP contribution in [0.25, 0.3) is 0 Å². The predicted molar refractivity (Wildman–Crippen MR) is 95.5 cm³/mol. The van der Waals surface area contributed by atoms with Crippen LogP contribution in [0.5, 0.6) is 0 Å². The third-order valence-corrected chi connectivity index (χ3v) is 5.11. The summed E-state index contributed by atoms with van der Waals surface area (Å²) in [5.41, 5.74) is 5.65. The Balaban J connectivity index is 1.96. The van der Waals surface area contributed by atoms with E-state index in [0.717, 1.165) is 0 Å². The molecule has 8 nitrogen and oxygen atoms in total. The Labute approximate surface area is 155 Å². The van der Waals surface area contributed by atoms with Gasteiger partial charge in [-0.25, -0.2) is 0 Å². The van der Waals surface area contributed by atoms with E-state index < -0.39 is 4.92 Å². The fraction of sp³-hybridized carbons (Fsp3) is 0.429. The SMILES string of the molecule is NC(=O)C1CCN(CC(=O)Nc2c(Br)cc([N+](=O)[O-])cc2Br)CC1. The first-order valence-electron chi connectivity index (χ1n) is 7.23. The number of benzene rings is 1. The van der Waals surface area contributed by atoms with E-state index in [4.69, 9.17) is 5.73 Å². The van der Waals surface area contributed by atoms with Crippen molar-refractivity contribution in [2.75, 3.05) is 25.0 Å². The van der Waals surface area contributed by atoms with Crippen molar-refractivity contribution in [1.82, 2.24) is 4.90 Å². The molecule has 1 aliphatic heterocycles. The highest BCUT2D eigenvalue weighted by Gasteiger charge is 2.24. The molecule has 0 spiro atoms. The Bertz CT molecular complexity index is 652. The van der Waals surface area contributed by atoms with Crippen molar-refractivity contribution in [1.29, 1.82) is 0 Å². The third kappa shape index (κ3) is 4.74. The minimum atomic E-state index is -0.510. The number of carbonyl (C=O) groups excluding carboxylic acids is 2. The van der Waals surface area contributed by atoms with Crippen molar-refractivity contribution in [3.8, 4) is 0 Å². The molecule has 0 bridgehead atoms. The number of primary amides is 1. The van der Waals surface area contributed by atoms with Crippen LogP contribution in [0.3, 0.4) is 0 Å². The van der Waals surface area contributed by atoms with Crippen LogP contribution in [0, 0.1) is 16.0 Å². The second kappa shape index (κ2) is 8.04. The number of carbonyl (C=O) groups is 2. The second-order valence-electron chi connectivity index (χ2n) is 5.54. The van der Waals surface area contributed by atoms with Crippen LogP contribution in [-0.4, -0.2) is 41.3 Å². The number of non-ortho nitro benzene ring substituents is 1. The number of hydrogen-bond donors (Lipinski definition) is 2. The fourth-order valence-corrected chi connectivity index (χ4v) is 3.90. The van der Waals surface area contributed by atoms with Crippen LogP contribution >= 0.6 is 31.9 Å². The Morgan fingerprint density at radius 1 is 1.29 bits per heavy atom. The van der Waals surface area contributed by atoms with Gasteiger partial charge in [0.1, 0.15) is 0 Å². The van der Waals surface area contributed by atoms with Gasteiger partial charge < -0.3 is 11.1 Å². The zero-order valence-electron chi connectivity index (χ0n) is 12.6.